The van der Waals surface area contributed by atoms with Crippen LogP contribution in [0.1, 0.15) is 12.5 Å². The minimum atomic E-state index is -0.428. The van der Waals surface area contributed by atoms with E-state index in [9.17, 15) is 10.1 Å². The van der Waals surface area contributed by atoms with Crippen molar-refractivity contribution in [2.75, 3.05) is 24.5 Å². The van der Waals surface area contributed by atoms with Gasteiger partial charge < -0.3 is 10.2 Å². The van der Waals surface area contributed by atoms with Crippen molar-refractivity contribution in [2.45, 2.75) is 13.0 Å². The summed E-state index contributed by atoms with van der Waals surface area (Å²) in [4.78, 5) is 12.6. The van der Waals surface area contributed by atoms with Gasteiger partial charge in [0, 0.05) is 31.7 Å². The molecule has 0 amide bonds. The first kappa shape index (κ1) is 12.3. The number of nitro groups is 1. The molecule has 94 valence electrons. The summed E-state index contributed by atoms with van der Waals surface area (Å²) in [5.41, 5.74) is 0.907. The fourth-order valence-electron chi connectivity index (χ4n) is 2.16. The van der Waals surface area contributed by atoms with Crippen LogP contribution in [0, 0.1) is 21.4 Å². The van der Waals surface area contributed by atoms with E-state index in [1.165, 1.54) is 6.07 Å². The Morgan fingerprint density at radius 3 is 3.00 bits per heavy atom. The molecule has 1 fully saturated rings. The second-order valence-corrected chi connectivity index (χ2v) is 4.37. The summed E-state index contributed by atoms with van der Waals surface area (Å²) in [7, 11) is 0. The summed E-state index contributed by atoms with van der Waals surface area (Å²) < 4.78 is 0. The van der Waals surface area contributed by atoms with Crippen LogP contribution in [0.4, 0.5) is 11.4 Å². The second-order valence-electron chi connectivity index (χ2n) is 4.37. The zero-order valence-electron chi connectivity index (χ0n) is 10.1. The maximum absolute atomic E-state index is 11.1. The number of nitro benzene ring substituents is 1. The number of rotatable bonds is 2. The molecular formula is C12H14N4O2. The van der Waals surface area contributed by atoms with Crippen molar-refractivity contribution in [3.63, 3.8) is 0 Å². The van der Waals surface area contributed by atoms with Gasteiger partial charge in [-0.25, -0.2) is 0 Å². The van der Waals surface area contributed by atoms with Crippen LogP contribution in [0.3, 0.4) is 0 Å². The smallest absolute Gasteiger partial charge is 0.293 e. The van der Waals surface area contributed by atoms with Gasteiger partial charge in [-0.15, -0.1) is 0 Å². The third-order valence-electron chi connectivity index (χ3n) is 3.01. The molecule has 1 atom stereocenters. The van der Waals surface area contributed by atoms with E-state index in [0.29, 0.717) is 17.3 Å². The zero-order valence-corrected chi connectivity index (χ0v) is 10.1. The van der Waals surface area contributed by atoms with E-state index in [1.54, 1.807) is 12.1 Å². The van der Waals surface area contributed by atoms with Crippen LogP contribution in [0.25, 0.3) is 0 Å². The van der Waals surface area contributed by atoms with E-state index < -0.39 is 4.92 Å². The fraction of sp³-hybridized carbons (Fsp3) is 0.417. The minimum Gasteiger partial charge on any atom is -0.363 e. The lowest BCUT2D eigenvalue weighted by Gasteiger charge is -2.33. The van der Waals surface area contributed by atoms with Crippen LogP contribution in [0.5, 0.6) is 0 Å². The topological polar surface area (TPSA) is 82.2 Å². The Bertz CT molecular complexity index is 509. The number of hydrogen-bond acceptors (Lipinski definition) is 5. The van der Waals surface area contributed by atoms with Crippen molar-refractivity contribution >= 4 is 11.4 Å². The van der Waals surface area contributed by atoms with Crippen molar-refractivity contribution < 1.29 is 4.92 Å². The first-order valence-corrected chi connectivity index (χ1v) is 5.78. The van der Waals surface area contributed by atoms with E-state index in [0.717, 1.165) is 19.6 Å². The monoisotopic (exact) mass is 246 g/mol. The zero-order chi connectivity index (χ0) is 13.1. The Morgan fingerprint density at radius 2 is 2.39 bits per heavy atom. The maximum Gasteiger partial charge on any atom is 0.293 e. The quantitative estimate of drug-likeness (QED) is 0.627. The number of piperazine rings is 1. The molecule has 1 heterocycles. The largest absolute Gasteiger partial charge is 0.363 e. The number of nitriles is 1. The molecule has 6 nitrogen and oxygen atoms in total. The lowest BCUT2D eigenvalue weighted by Crippen LogP contribution is -2.49. The highest BCUT2D eigenvalue weighted by Crippen LogP contribution is 2.29. The summed E-state index contributed by atoms with van der Waals surface area (Å²) in [6.07, 6.45) is 0. The van der Waals surface area contributed by atoms with Crippen LogP contribution < -0.4 is 10.2 Å². The van der Waals surface area contributed by atoms with Crippen LogP contribution in [0.15, 0.2) is 18.2 Å². The molecule has 0 unspecified atom stereocenters. The molecule has 1 aromatic carbocycles. The Labute approximate surface area is 105 Å². The van der Waals surface area contributed by atoms with Gasteiger partial charge in [0.1, 0.15) is 5.69 Å². The van der Waals surface area contributed by atoms with Gasteiger partial charge in [-0.2, -0.15) is 5.26 Å². The minimum absolute atomic E-state index is 0.00292. The molecular weight excluding hydrogens is 232 g/mol. The highest BCUT2D eigenvalue weighted by molar-refractivity contribution is 5.66. The Balaban J connectivity index is 2.37. The van der Waals surface area contributed by atoms with Gasteiger partial charge in [0.2, 0.25) is 0 Å². The van der Waals surface area contributed by atoms with Crippen LogP contribution in [-0.2, 0) is 0 Å². The molecule has 18 heavy (non-hydrogen) atoms. The summed E-state index contributed by atoms with van der Waals surface area (Å²) in [6.45, 7) is 4.31. The Kier molecular flexibility index (Phi) is 3.44. The highest BCUT2D eigenvalue weighted by atomic mass is 16.6. The molecule has 1 N–H and O–H groups in total. The molecule has 0 spiro atoms. The summed E-state index contributed by atoms with van der Waals surface area (Å²) in [6, 6.07) is 6.84. The molecule has 1 saturated heterocycles. The van der Waals surface area contributed by atoms with Gasteiger partial charge in [-0.1, -0.05) is 0 Å². The predicted molar refractivity (Wildman–Crippen MR) is 67.5 cm³/mol. The van der Waals surface area contributed by atoms with E-state index >= 15 is 0 Å². The number of nitrogens with zero attached hydrogens (tertiary/aromatic N) is 3. The van der Waals surface area contributed by atoms with Crippen molar-refractivity contribution in [1.82, 2.24) is 5.32 Å². The summed E-state index contributed by atoms with van der Waals surface area (Å²) >= 11 is 0. The standard InChI is InChI=1S/C12H14N4O2/c1-9-8-15(5-4-14-9)11-3-2-10(7-13)6-12(11)16(17)18/h2-3,6,9,14H,4-5,8H2,1H3/t9-/m1/s1. The molecule has 0 aromatic heterocycles. The normalized spacial score (nSPS) is 19.3. The first-order chi connectivity index (χ1) is 8.61. The molecule has 2 rings (SSSR count). The number of hydrogen-bond donors (Lipinski definition) is 1. The molecule has 0 aliphatic carbocycles. The Morgan fingerprint density at radius 1 is 1.61 bits per heavy atom. The third-order valence-corrected chi connectivity index (χ3v) is 3.01. The van der Waals surface area contributed by atoms with Gasteiger partial charge in [0.05, 0.1) is 16.6 Å². The number of nitrogens with one attached hydrogen (secondary N) is 1. The average molecular weight is 246 g/mol. The van der Waals surface area contributed by atoms with Gasteiger partial charge in [0.25, 0.3) is 5.69 Å². The average Bonchev–Trinajstić information content (AvgIpc) is 2.38. The molecule has 1 aliphatic heterocycles. The SMILES string of the molecule is C[C@@H]1CN(c2ccc(C#N)cc2[N+](=O)[O-])CCN1. The molecule has 0 radical (unpaired) electrons. The lowest BCUT2D eigenvalue weighted by molar-refractivity contribution is -0.384. The lowest BCUT2D eigenvalue weighted by atomic mass is 10.1. The van der Waals surface area contributed by atoms with Crippen molar-refractivity contribution in [3.05, 3.63) is 33.9 Å². The van der Waals surface area contributed by atoms with Gasteiger partial charge in [0.15, 0.2) is 0 Å². The van der Waals surface area contributed by atoms with E-state index in [-0.39, 0.29) is 5.69 Å². The third kappa shape index (κ3) is 2.41. The van der Waals surface area contributed by atoms with Crippen LogP contribution in [-0.4, -0.2) is 30.6 Å². The molecule has 0 bridgehead atoms. The van der Waals surface area contributed by atoms with Crippen LogP contribution >= 0.6 is 0 Å². The summed E-state index contributed by atoms with van der Waals surface area (Å²) in [5.74, 6) is 0. The molecule has 1 aromatic rings. The van der Waals surface area contributed by atoms with E-state index in [4.69, 9.17) is 5.26 Å². The van der Waals surface area contributed by atoms with Gasteiger partial charge in [-0.3, -0.25) is 10.1 Å². The van der Waals surface area contributed by atoms with E-state index in [2.05, 4.69) is 5.32 Å². The van der Waals surface area contributed by atoms with Crippen molar-refractivity contribution in [2.24, 2.45) is 0 Å². The fourth-order valence-corrected chi connectivity index (χ4v) is 2.16. The van der Waals surface area contributed by atoms with Gasteiger partial charge in [-0.05, 0) is 19.1 Å². The predicted octanol–water partition coefficient (Wildman–Crippen LogP) is 1.26. The molecule has 1 aliphatic rings. The van der Waals surface area contributed by atoms with Crippen molar-refractivity contribution in [3.8, 4) is 6.07 Å². The van der Waals surface area contributed by atoms with Crippen molar-refractivity contribution in [1.29, 1.82) is 5.26 Å². The second kappa shape index (κ2) is 5.02. The van der Waals surface area contributed by atoms with E-state index in [1.807, 2.05) is 17.9 Å². The number of anilines is 1. The first-order valence-electron chi connectivity index (χ1n) is 5.78. The highest BCUT2D eigenvalue weighted by Gasteiger charge is 2.23. The summed E-state index contributed by atoms with van der Waals surface area (Å²) in [5, 5.41) is 23.1. The maximum atomic E-state index is 11.1. The van der Waals surface area contributed by atoms with Crippen LogP contribution in [0.2, 0.25) is 0 Å². The Hall–Kier alpha value is -2.13. The molecule has 6 heteroatoms. The van der Waals surface area contributed by atoms with Gasteiger partial charge >= 0.3 is 0 Å². The number of benzene rings is 1. The molecule has 0 saturated carbocycles.